The molecule has 2 rings (SSSR count). The third-order valence-electron chi connectivity index (χ3n) is 4.36. The van der Waals surface area contributed by atoms with Gasteiger partial charge in [-0.15, -0.1) is 0 Å². The largest absolute Gasteiger partial charge is 0.491 e. The molecule has 138 valence electrons. The third-order valence-corrected chi connectivity index (χ3v) is 4.36. The van der Waals surface area contributed by atoms with Crippen LogP contribution in [-0.2, 0) is 4.79 Å². The quantitative estimate of drug-likeness (QED) is 0.877. The minimum Gasteiger partial charge on any atom is -0.491 e. The molecule has 1 fully saturated rings. The second kappa shape index (κ2) is 7.33. The van der Waals surface area contributed by atoms with Crippen LogP contribution in [0.5, 0.6) is 5.75 Å². The number of likely N-dealkylation sites (tertiary alicyclic amines) is 1. The Bertz CT molecular complexity index is 630. The normalized spacial score (nSPS) is 21.9. The van der Waals surface area contributed by atoms with E-state index in [2.05, 4.69) is 0 Å². The molecule has 1 heterocycles. The van der Waals surface area contributed by atoms with Gasteiger partial charge in [-0.05, 0) is 37.6 Å². The van der Waals surface area contributed by atoms with Crippen molar-refractivity contribution in [2.45, 2.75) is 32.5 Å². The minimum absolute atomic E-state index is 0.00371. The number of hydrogen-bond acceptors (Lipinski definition) is 3. The Balaban J connectivity index is 2.11. The molecule has 1 N–H and O–H groups in total. The number of carbonyl (C=O) groups is 2. The lowest BCUT2D eigenvalue weighted by Crippen LogP contribution is -2.34. The number of nitrogens with zero attached hydrogens (tertiary/aromatic N) is 1. The number of ether oxygens (including phenoxy) is 1. The Morgan fingerprint density at radius 2 is 1.88 bits per heavy atom. The van der Waals surface area contributed by atoms with Gasteiger partial charge in [-0.3, -0.25) is 9.59 Å². The van der Waals surface area contributed by atoms with Gasteiger partial charge in [-0.1, -0.05) is 6.92 Å². The average molecular weight is 359 g/mol. The van der Waals surface area contributed by atoms with E-state index in [0.717, 1.165) is 11.3 Å². The fourth-order valence-corrected chi connectivity index (χ4v) is 2.73. The molecule has 3 atom stereocenters. The van der Waals surface area contributed by atoms with Crippen LogP contribution in [-0.4, -0.2) is 47.3 Å². The van der Waals surface area contributed by atoms with Crippen molar-refractivity contribution >= 4 is 11.9 Å². The Kier molecular flexibility index (Phi) is 5.59. The molecule has 0 bridgehead atoms. The second-order valence-corrected chi connectivity index (χ2v) is 6.16. The van der Waals surface area contributed by atoms with E-state index >= 15 is 0 Å². The maximum atomic E-state index is 13.0. The summed E-state index contributed by atoms with van der Waals surface area (Å²) in [5.74, 6) is -5.30. The number of alkyl halides is 3. The number of amides is 1. The molecule has 25 heavy (non-hydrogen) atoms. The zero-order chi connectivity index (χ0) is 18.8. The van der Waals surface area contributed by atoms with Crippen molar-refractivity contribution in [3.8, 4) is 5.75 Å². The maximum absolute atomic E-state index is 13.0. The van der Waals surface area contributed by atoms with Crippen LogP contribution in [0.15, 0.2) is 24.3 Å². The zero-order valence-electron chi connectivity index (χ0n) is 13.9. The van der Waals surface area contributed by atoms with Gasteiger partial charge in [0.2, 0.25) is 0 Å². The molecule has 1 saturated heterocycles. The molecule has 8 heteroatoms. The third kappa shape index (κ3) is 4.43. The van der Waals surface area contributed by atoms with E-state index in [9.17, 15) is 22.8 Å². The van der Waals surface area contributed by atoms with Crippen LogP contribution < -0.4 is 4.74 Å². The molecule has 1 aromatic carbocycles. The number of aliphatic carboxylic acids is 1. The van der Waals surface area contributed by atoms with E-state index < -0.39 is 43.0 Å². The van der Waals surface area contributed by atoms with Gasteiger partial charge in [0.25, 0.3) is 5.91 Å². The van der Waals surface area contributed by atoms with Crippen LogP contribution in [0.4, 0.5) is 13.2 Å². The van der Waals surface area contributed by atoms with Crippen molar-refractivity contribution in [3.63, 3.8) is 0 Å². The van der Waals surface area contributed by atoms with Crippen molar-refractivity contribution < 1.29 is 32.6 Å². The fourth-order valence-electron chi connectivity index (χ4n) is 2.73. The van der Waals surface area contributed by atoms with Crippen LogP contribution in [0.1, 0.15) is 30.6 Å². The number of carboxylic acids is 1. The van der Waals surface area contributed by atoms with Gasteiger partial charge < -0.3 is 14.7 Å². The van der Waals surface area contributed by atoms with Crippen molar-refractivity contribution in [2.75, 3.05) is 13.1 Å². The highest BCUT2D eigenvalue weighted by Crippen LogP contribution is 2.38. The molecule has 0 saturated carbocycles. The Morgan fingerprint density at radius 1 is 1.28 bits per heavy atom. The fraction of sp³-hybridized carbons (Fsp3) is 0.529. The summed E-state index contributed by atoms with van der Waals surface area (Å²) in [6.45, 7) is 2.76. The Hall–Kier alpha value is -2.25. The molecule has 0 spiro atoms. The molecular weight excluding hydrogens is 339 g/mol. The van der Waals surface area contributed by atoms with E-state index in [1.54, 1.807) is 12.1 Å². The second-order valence-electron chi connectivity index (χ2n) is 6.16. The number of rotatable bonds is 5. The Morgan fingerprint density at radius 3 is 2.32 bits per heavy atom. The predicted octanol–water partition coefficient (Wildman–Crippen LogP) is 3.20. The van der Waals surface area contributed by atoms with E-state index in [1.165, 1.54) is 12.1 Å². The van der Waals surface area contributed by atoms with Crippen LogP contribution in [0.25, 0.3) is 0 Å². The summed E-state index contributed by atoms with van der Waals surface area (Å²) in [6, 6.07) is 6.09. The first-order valence-corrected chi connectivity index (χ1v) is 7.99. The molecule has 1 aliphatic rings. The van der Waals surface area contributed by atoms with Gasteiger partial charge >= 0.3 is 12.1 Å². The van der Waals surface area contributed by atoms with Gasteiger partial charge in [0, 0.05) is 18.7 Å². The maximum Gasteiger partial charge on any atom is 0.394 e. The highest BCUT2D eigenvalue weighted by Gasteiger charge is 2.53. The summed E-state index contributed by atoms with van der Waals surface area (Å²) in [6.07, 6.45) is -3.85. The molecule has 0 aliphatic carbocycles. The van der Waals surface area contributed by atoms with Crippen molar-refractivity contribution in [1.29, 1.82) is 0 Å². The first kappa shape index (κ1) is 19.1. The van der Waals surface area contributed by atoms with Crippen LogP contribution in [0.2, 0.25) is 0 Å². The SMILES string of the molecule is CCC(C)Oc1ccc(C(=O)N2C[C@@H](C(F)(F)F)[C@H](C(=O)O)C2)cc1. The molecule has 0 aromatic heterocycles. The summed E-state index contributed by atoms with van der Waals surface area (Å²) in [5, 5.41) is 9.01. The highest BCUT2D eigenvalue weighted by molar-refractivity contribution is 5.95. The lowest BCUT2D eigenvalue weighted by Gasteiger charge is -2.18. The first-order valence-electron chi connectivity index (χ1n) is 7.99. The number of hydrogen-bond donors (Lipinski definition) is 1. The molecule has 1 aromatic rings. The Labute approximate surface area is 143 Å². The van der Waals surface area contributed by atoms with Gasteiger partial charge in [0.1, 0.15) is 5.75 Å². The first-order chi connectivity index (χ1) is 11.6. The van der Waals surface area contributed by atoms with Crippen molar-refractivity contribution in [1.82, 2.24) is 4.90 Å². The van der Waals surface area contributed by atoms with E-state index in [-0.39, 0.29) is 11.7 Å². The summed E-state index contributed by atoms with van der Waals surface area (Å²) in [7, 11) is 0. The van der Waals surface area contributed by atoms with Gasteiger partial charge in [-0.2, -0.15) is 13.2 Å². The molecule has 1 aliphatic heterocycles. The number of carboxylic acid groups (broad SMARTS) is 1. The lowest BCUT2D eigenvalue weighted by molar-refractivity contribution is -0.187. The number of carbonyl (C=O) groups excluding carboxylic acids is 1. The monoisotopic (exact) mass is 359 g/mol. The van der Waals surface area contributed by atoms with Gasteiger partial charge in [0.15, 0.2) is 0 Å². The summed E-state index contributed by atoms with van der Waals surface area (Å²) >= 11 is 0. The van der Waals surface area contributed by atoms with E-state index in [1.807, 2.05) is 13.8 Å². The standard InChI is InChI=1S/C17H20F3NO4/c1-3-10(2)25-12-6-4-11(5-7-12)15(22)21-8-13(16(23)24)14(9-21)17(18,19)20/h4-7,10,13-14H,3,8-9H2,1-2H3,(H,23,24)/t10?,13-,14-/m1/s1. The van der Waals surface area contributed by atoms with Crippen LogP contribution >= 0.6 is 0 Å². The van der Waals surface area contributed by atoms with Crippen LogP contribution in [0.3, 0.4) is 0 Å². The smallest absolute Gasteiger partial charge is 0.394 e. The highest BCUT2D eigenvalue weighted by atomic mass is 19.4. The number of halogens is 3. The predicted molar refractivity (Wildman–Crippen MR) is 83.4 cm³/mol. The molecule has 1 unspecified atom stereocenters. The summed E-state index contributed by atoms with van der Waals surface area (Å²) in [4.78, 5) is 24.4. The molecule has 5 nitrogen and oxygen atoms in total. The van der Waals surface area contributed by atoms with Crippen LogP contribution in [0, 0.1) is 11.8 Å². The number of benzene rings is 1. The summed E-state index contributed by atoms with van der Waals surface area (Å²) in [5.41, 5.74) is 0.198. The van der Waals surface area contributed by atoms with Crippen molar-refractivity contribution in [3.05, 3.63) is 29.8 Å². The topological polar surface area (TPSA) is 66.8 Å². The zero-order valence-corrected chi connectivity index (χ0v) is 13.9. The molecular formula is C17H20F3NO4. The van der Waals surface area contributed by atoms with Gasteiger partial charge in [0.05, 0.1) is 17.9 Å². The minimum atomic E-state index is -4.66. The lowest BCUT2D eigenvalue weighted by atomic mass is 9.96. The van der Waals surface area contributed by atoms with E-state index in [4.69, 9.17) is 9.84 Å². The van der Waals surface area contributed by atoms with Gasteiger partial charge in [-0.25, -0.2) is 0 Å². The van der Waals surface area contributed by atoms with E-state index in [0.29, 0.717) is 5.75 Å². The summed E-state index contributed by atoms with van der Waals surface area (Å²) < 4.78 is 44.6. The molecule has 0 radical (unpaired) electrons. The van der Waals surface area contributed by atoms with Crippen molar-refractivity contribution in [2.24, 2.45) is 11.8 Å². The average Bonchev–Trinajstić information content (AvgIpc) is 3.00. The molecule has 1 amide bonds.